The van der Waals surface area contributed by atoms with E-state index in [-0.39, 0.29) is 0 Å². The number of hydrogen-bond acceptors (Lipinski definition) is 1. The van der Waals surface area contributed by atoms with Crippen LogP contribution in [0.4, 0.5) is 0 Å². The fourth-order valence-corrected chi connectivity index (χ4v) is 3.20. The van der Waals surface area contributed by atoms with Gasteiger partial charge >= 0.3 is 0 Å². The summed E-state index contributed by atoms with van der Waals surface area (Å²) in [4.78, 5) is 7.07. The van der Waals surface area contributed by atoms with Crippen LogP contribution >= 0.6 is 0 Å². The summed E-state index contributed by atoms with van der Waals surface area (Å²) in [7, 11) is 2.24. The average molecular weight is 346 g/mol. The third-order valence-corrected chi connectivity index (χ3v) is 4.67. The first-order valence-corrected chi connectivity index (χ1v) is 9.92. The standard InChI is InChI=1S/C14H15B.C9H16N2/c15-11-14(12-7-3-1-4-8-12)13-9-5-2-6-10-13;1-2-3-4-5-6-9-7-10-8-11-9/h1-10,14H,11,15H2;7-8H,2-6H2,1H3,(H,10,11). The molecule has 0 aliphatic rings. The first-order valence-electron chi connectivity index (χ1n) is 9.92. The average Bonchev–Trinajstić information content (AvgIpc) is 3.22. The van der Waals surface area contributed by atoms with E-state index in [1.54, 1.807) is 6.33 Å². The zero-order valence-electron chi connectivity index (χ0n) is 16.2. The van der Waals surface area contributed by atoms with E-state index in [1.165, 1.54) is 42.5 Å². The predicted octanol–water partition coefficient (Wildman–Crippen LogP) is 5.40. The van der Waals surface area contributed by atoms with Crippen LogP contribution in [0.25, 0.3) is 0 Å². The molecule has 0 saturated heterocycles. The van der Waals surface area contributed by atoms with E-state index in [1.807, 2.05) is 6.20 Å². The number of aromatic nitrogens is 2. The third kappa shape index (κ3) is 6.91. The van der Waals surface area contributed by atoms with E-state index < -0.39 is 0 Å². The summed E-state index contributed by atoms with van der Waals surface area (Å²) in [6.45, 7) is 2.23. The smallest absolute Gasteiger partial charge is 0.102 e. The first-order chi connectivity index (χ1) is 12.8. The molecule has 0 saturated carbocycles. The molecule has 0 radical (unpaired) electrons. The maximum absolute atomic E-state index is 3.97. The second kappa shape index (κ2) is 12.1. The van der Waals surface area contributed by atoms with Crippen LogP contribution in [0.1, 0.15) is 55.3 Å². The van der Waals surface area contributed by atoms with Crippen molar-refractivity contribution in [1.29, 1.82) is 0 Å². The fourth-order valence-electron chi connectivity index (χ4n) is 3.20. The highest BCUT2D eigenvalue weighted by Crippen LogP contribution is 2.26. The molecule has 2 aromatic carbocycles. The maximum Gasteiger partial charge on any atom is 0.102 e. The lowest BCUT2D eigenvalue weighted by Crippen LogP contribution is -1.99. The van der Waals surface area contributed by atoms with Crippen molar-refractivity contribution in [3.8, 4) is 0 Å². The fraction of sp³-hybridized carbons (Fsp3) is 0.348. The Balaban J connectivity index is 0.000000197. The second-order valence-corrected chi connectivity index (χ2v) is 6.67. The molecule has 0 spiro atoms. The minimum Gasteiger partial charge on any atom is -0.348 e. The van der Waals surface area contributed by atoms with E-state index in [0.29, 0.717) is 5.92 Å². The number of aryl methyl sites for hydroxylation is 1. The molecular weight excluding hydrogens is 315 g/mol. The van der Waals surface area contributed by atoms with E-state index in [9.17, 15) is 0 Å². The number of benzene rings is 2. The molecule has 0 aliphatic heterocycles. The number of nitrogens with zero attached hydrogens (tertiary/aromatic N) is 1. The summed E-state index contributed by atoms with van der Waals surface area (Å²) in [5, 5.41) is 0. The molecule has 3 aromatic rings. The molecule has 0 aliphatic carbocycles. The summed E-state index contributed by atoms with van der Waals surface area (Å²) in [6.07, 6.45) is 11.2. The molecule has 0 bridgehead atoms. The Bertz CT molecular complexity index is 641. The SMILES string of the molecule is BCC(c1ccccc1)c1ccccc1.CCCCCCc1cnc[nH]1. The Morgan fingerprint density at radius 3 is 1.96 bits per heavy atom. The van der Waals surface area contributed by atoms with E-state index in [2.05, 4.69) is 85.4 Å². The molecule has 3 heteroatoms. The predicted molar refractivity (Wildman–Crippen MR) is 115 cm³/mol. The molecule has 2 nitrogen and oxygen atoms in total. The van der Waals surface area contributed by atoms with E-state index >= 15 is 0 Å². The van der Waals surface area contributed by atoms with Crippen LogP contribution in [-0.4, -0.2) is 17.8 Å². The molecule has 0 atom stereocenters. The minimum absolute atomic E-state index is 0.535. The third-order valence-electron chi connectivity index (χ3n) is 4.67. The van der Waals surface area contributed by atoms with Gasteiger partial charge in [-0.2, -0.15) is 0 Å². The largest absolute Gasteiger partial charge is 0.348 e. The molecule has 0 amide bonds. The van der Waals surface area contributed by atoms with Crippen LogP contribution in [0.2, 0.25) is 6.32 Å². The van der Waals surface area contributed by atoms with Crippen molar-refractivity contribution >= 4 is 7.85 Å². The van der Waals surface area contributed by atoms with Crippen molar-refractivity contribution in [2.75, 3.05) is 0 Å². The Morgan fingerprint density at radius 1 is 0.885 bits per heavy atom. The summed E-state index contributed by atoms with van der Waals surface area (Å²) in [6, 6.07) is 21.4. The number of aromatic amines is 1. The summed E-state index contributed by atoms with van der Waals surface area (Å²) in [5.74, 6) is 0.535. The highest BCUT2D eigenvalue weighted by molar-refractivity contribution is 6.09. The van der Waals surface area contributed by atoms with Crippen LogP contribution in [0.5, 0.6) is 0 Å². The lowest BCUT2D eigenvalue weighted by atomic mass is 9.81. The Labute approximate surface area is 159 Å². The second-order valence-electron chi connectivity index (χ2n) is 6.67. The molecule has 136 valence electrons. The van der Waals surface area contributed by atoms with Gasteiger partial charge in [-0.25, -0.2) is 4.98 Å². The van der Waals surface area contributed by atoms with E-state index in [4.69, 9.17) is 0 Å². The van der Waals surface area contributed by atoms with Crippen molar-refractivity contribution in [3.05, 3.63) is 90.0 Å². The molecule has 26 heavy (non-hydrogen) atoms. The first kappa shape index (κ1) is 20.0. The van der Waals surface area contributed by atoms with Crippen molar-refractivity contribution in [3.63, 3.8) is 0 Å². The van der Waals surface area contributed by atoms with Crippen molar-refractivity contribution < 1.29 is 0 Å². The summed E-state index contributed by atoms with van der Waals surface area (Å²) >= 11 is 0. The quantitative estimate of drug-likeness (QED) is 0.429. The minimum atomic E-state index is 0.535. The van der Waals surface area contributed by atoms with Crippen molar-refractivity contribution in [1.82, 2.24) is 9.97 Å². The van der Waals surface area contributed by atoms with Gasteiger partial charge in [-0.15, -0.1) is 0 Å². The zero-order chi connectivity index (χ0) is 18.5. The van der Waals surface area contributed by atoms with Crippen LogP contribution in [0, 0.1) is 0 Å². The van der Waals surface area contributed by atoms with Gasteiger partial charge < -0.3 is 4.98 Å². The molecule has 0 fully saturated rings. The molecule has 0 unspecified atom stereocenters. The van der Waals surface area contributed by atoms with Gasteiger partial charge in [0.25, 0.3) is 0 Å². The highest BCUT2D eigenvalue weighted by Gasteiger charge is 2.10. The summed E-state index contributed by atoms with van der Waals surface area (Å²) < 4.78 is 0. The molecule has 1 N–H and O–H groups in total. The molecule has 1 heterocycles. The Hall–Kier alpha value is -2.29. The van der Waals surface area contributed by atoms with Gasteiger partial charge in [-0.1, -0.05) is 93.2 Å². The zero-order valence-corrected chi connectivity index (χ0v) is 16.2. The Kier molecular flexibility index (Phi) is 9.35. The topological polar surface area (TPSA) is 28.7 Å². The van der Waals surface area contributed by atoms with Gasteiger partial charge in [0.15, 0.2) is 0 Å². The van der Waals surface area contributed by atoms with Crippen LogP contribution in [-0.2, 0) is 6.42 Å². The van der Waals surface area contributed by atoms with E-state index in [0.717, 1.165) is 12.7 Å². The van der Waals surface area contributed by atoms with Gasteiger partial charge in [0, 0.05) is 17.8 Å². The van der Waals surface area contributed by atoms with Crippen molar-refractivity contribution in [2.24, 2.45) is 0 Å². The van der Waals surface area contributed by atoms with Crippen molar-refractivity contribution in [2.45, 2.75) is 51.3 Å². The molecular formula is C23H31BN2. The number of rotatable bonds is 8. The normalized spacial score (nSPS) is 10.4. The van der Waals surface area contributed by atoms with Crippen LogP contribution < -0.4 is 0 Å². The highest BCUT2D eigenvalue weighted by atomic mass is 14.9. The summed E-state index contributed by atoms with van der Waals surface area (Å²) in [5.41, 5.74) is 4.08. The van der Waals surface area contributed by atoms with Crippen LogP contribution in [0.15, 0.2) is 73.2 Å². The lowest BCUT2D eigenvalue weighted by molar-refractivity contribution is 0.662. The number of imidazole rings is 1. The molecule has 3 rings (SSSR count). The van der Waals surface area contributed by atoms with Gasteiger partial charge in [-0.05, 0) is 24.0 Å². The van der Waals surface area contributed by atoms with Gasteiger partial charge in [0.1, 0.15) is 7.85 Å². The van der Waals surface area contributed by atoms with Crippen LogP contribution in [0.3, 0.4) is 0 Å². The maximum atomic E-state index is 3.97. The monoisotopic (exact) mass is 346 g/mol. The number of unbranched alkanes of at least 4 members (excludes halogenated alkanes) is 3. The lowest BCUT2D eigenvalue weighted by Gasteiger charge is -2.15. The number of hydrogen-bond donors (Lipinski definition) is 1. The number of nitrogens with one attached hydrogen (secondary N) is 1. The molecule has 1 aromatic heterocycles. The number of H-pyrrole nitrogens is 1. The van der Waals surface area contributed by atoms with Gasteiger partial charge in [0.05, 0.1) is 6.33 Å². The van der Waals surface area contributed by atoms with Gasteiger partial charge in [0.2, 0.25) is 0 Å². The Morgan fingerprint density at radius 2 is 1.50 bits per heavy atom. The van der Waals surface area contributed by atoms with Gasteiger partial charge in [-0.3, -0.25) is 0 Å².